The van der Waals surface area contributed by atoms with Crippen LogP contribution in [0.5, 0.6) is 0 Å². The summed E-state index contributed by atoms with van der Waals surface area (Å²) in [6, 6.07) is 30.3. The van der Waals surface area contributed by atoms with Gasteiger partial charge in [-0.05, 0) is 73.9 Å². The number of aliphatic imine (C=N–C) groups is 2. The number of hydrogen-bond donors (Lipinski definition) is 2. The highest BCUT2D eigenvalue weighted by molar-refractivity contribution is 6.12. The van der Waals surface area contributed by atoms with Crippen LogP contribution in [-0.4, -0.2) is 103 Å². The van der Waals surface area contributed by atoms with Crippen LogP contribution in [0, 0.1) is 37.3 Å². The summed E-state index contributed by atoms with van der Waals surface area (Å²) in [5.41, 5.74) is 4.73. The van der Waals surface area contributed by atoms with Gasteiger partial charge in [-0.3, -0.25) is 19.2 Å². The summed E-state index contributed by atoms with van der Waals surface area (Å²) < 4.78 is 39.4. The third kappa shape index (κ3) is 10.4. The fraction of sp³-hybridized carbons (Fsp3) is 0.400. The first kappa shape index (κ1) is 53.5. The molecule has 6 aromatic rings. The maximum Gasteiger partial charge on any atom is 0.256 e. The van der Waals surface area contributed by atoms with Gasteiger partial charge in [0.05, 0.1) is 46.5 Å². The molecule has 0 bridgehead atoms. The Labute approximate surface area is 440 Å². The second-order valence-electron chi connectivity index (χ2n) is 21.9. The van der Waals surface area contributed by atoms with Crippen LogP contribution in [0.25, 0.3) is 22.3 Å². The number of β-amino-alcohol motifs (C(OH)–C–C–N with tert-alkyl or cyclic N) is 2. The van der Waals surface area contributed by atoms with Gasteiger partial charge in [0.1, 0.15) is 35.0 Å². The lowest BCUT2D eigenvalue weighted by atomic mass is 9.78. The Hall–Kier alpha value is -7.30. The van der Waals surface area contributed by atoms with Crippen molar-refractivity contribution in [3.63, 3.8) is 0 Å². The first-order valence-corrected chi connectivity index (χ1v) is 25.9. The Morgan fingerprint density at radius 1 is 0.592 bits per heavy atom. The third-order valence-corrected chi connectivity index (χ3v) is 15.6. The molecule has 2 aromatic heterocycles. The van der Waals surface area contributed by atoms with E-state index in [4.69, 9.17) is 9.05 Å². The normalized spacial score (nSPS) is 24.2. The van der Waals surface area contributed by atoms with E-state index in [9.17, 15) is 38.2 Å². The zero-order chi connectivity index (χ0) is 54.4. The molecule has 10 rings (SSSR count). The van der Waals surface area contributed by atoms with Gasteiger partial charge in [-0.15, -0.1) is 0 Å². The smallest absolute Gasteiger partial charge is 0.256 e. The van der Waals surface area contributed by atoms with Crippen molar-refractivity contribution in [2.24, 2.45) is 21.8 Å². The van der Waals surface area contributed by atoms with Crippen molar-refractivity contribution in [1.82, 2.24) is 20.1 Å². The number of nitrogens with zero attached hydrogens (tertiary/aromatic N) is 6. The van der Waals surface area contributed by atoms with E-state index in [1.165, 1.54) is 12.1 Å². The molecule has 0 spiro atoms. The molecule has 396 valence electrons. The number of hydrogen-bond acceptors (Lipinski definition) is 10. The summed E-state index contributed by atoms with van der Waals surface area (Å²) in [6.45, 7) is 15.4. The fourth-order valence-corrected chi connectivity index (χ4v) is 11.4. The lowest BCUT2D eigenvalue weighted by Crippen LogP contribution is -2.44. The van der Waals surface area contributed by atoms with Gasteiger partial charge in [0, 0.05) is 73.5 Å². The minimum absolute atomic E-state index is 0.0568. The lowest BCUT2D eigenvalue weighted by Gasteiger charge is -2.30. The average Bonchev–Trinajstić information content (AvgIpc) is 4.28. The minimum atomic E-state index is -0.912. The number of aliphatic hydroxyl groups excluding tert-OH is 2. The van der Waals surface area contributed by atoms with Crippen LogP contribution >= 0.6 is 0 Å². The number of carbonyl (C=O) groups excluding carboxylic acids is 4. The topological polar surface area (TPSA) is 192 Å². The van der Waals surface area contributed by atoms with Crippen LogP contribution < -0.4 is 0 Å². The predicted molar refractivity (Wildman–Crippen MR) is 282 cm³/mol. The van der Waals surface area contributed by atoms with Crippen LogP contribution in [-0.2, 0) is 30.0 Å². The molecule has 4 aliphatic rings. The van der Waals surface area contributed by atoms with Crippen molar-refractivity contribution >= 4 is 35.1 Å². The molecule has 4 amide bonds. The van der Waals surface area contributed by atoms with Crippen molar-refractivity contribution in [2.75, 3.05) is 13.1 Å². The largest absolute Gasteiger partial charge is 0.391 e. The summed E-state index contributed by atoms with van der Waals surface area (Å²) >= 11 is 0. The van der Waals surface area contributed by atoms with Gasteiger partial charge in [0.15, 0.2) is 0 Å². The molecule has 14 nitrogen and oxygen atoms in total. The van der Waals surface area contributed by atoms with Crippen molar-refractivity contribution in [3.05, 3.63) is 155 Å². The average molecular weight is 1040 g/mol. The first-order valence-electron chi connectivity index (χ1n) is 25.9. The summed E-state index contributed by atoms with van der Waals surface area (Å²) in [6.07, 6.45) is -0.115. The number of amides is 4. The highest BCUT2D eigenvalue weighted by Gasteiger charge is 2.50. The molecule has 2 fully saturated rings. The molecule has 2 saturated heterocycles. The molecular formula is C60H64F2N6O8. The molecule has 16 heteroatoms. The molecule has 2 N–H and O–H groups in total. The number of rotatable bonds is 12. The lowest BCUT2D eigenvalue weighted by molar-refractivity contribution is -0.135. The van der Waals surface area contributed by atoms with Gasteiger partial charge >= 0.3 is 0 Å². The van der Waals surface area contributed by atoms with E-state index in [1.807, 2.05) is 90.1 Å². The van der Waals surface area contributed by atoms with Crippen LogP contribution in [0.3, 0.4) is 0 Å². The number of likely N-dealkylation sites (tertiary alicyclic amines) is 2. The number of aryl methyl sites for hydroxylation is 2. The quantitative estimate of drug-likeness (QED) is 0.119. The molecule has 8 atom stereocenters. The van der Waals surface area contributed by atoms with E-state index in [-0.39, 0.29) is 60.2 Å². The maximum absolute atomic E-state index is 14.3. The van der Waals surface area contributed by atoms with Crippen molar-refractivity contribution in [1.29, 1.82) is 0 Å². The molecule has 0 unspecified atom stereocenters. The zero-order valence-electron chi connectivity index (χ0n) is 44.0. The number of aromatic nitrogens is 2. The number of benzene rings is 4. The van der Waals surface area contributed by atoms with Gasteiger partial charge in [-0.1, -0.05) is 123 Å². The molecule has 0 aliphatic carbocycles. The second kappa shape index (κ2) is 21.4. The molecule has 4 aromatic carbocycles. The van der Waals surface area contributed by atoms with E-state index < -0.39 is 47.0 Å². The van der Waals surface area contributed by atoms with Crippen LogP contribution in [0.4, 0.5) is 8.78 Å². The highest BCUT2D eigenvalue weighted by atomic mass is 19.1. The Morgan fingerprint density at radius 2 is 0.947 bits per heavy atom. The van der Waals surface area contributed by atoms with Gasteiger partial charge in [-0.25, -0.2) is 18.8 Å². The minimum Gasteiger partial charge on any atom is -0.391 e. The summed E-state index contributed by atoms with van der Waals surface area (Å²) in [4.78, 5) is 66.2. The second-order valence-corrected chi connectivity index (χ2v) is 21.9. The van der Waals surface area contributed by atoms with Crippen molar-refractivity contribution < 1.29 is 47.2 Å². The van der Waals surface area contributed by atoms with Gasteiger partial charge in [-0.2, -0.15) is 0 Å². The Kier molecular flexibility index (Phi) is 15.1. The van der Waals surface area contributed by atoms with Crippen LogP contribution in [0.1, 0.15) is 113 Å². The van der Waals surface area contributed by atoms with Crippen LogP contribution in [0.15, 0.2) is 128 Å². The van der Waals surface area contributed by atoms with E-state index in [1.54, 1.807) is 72.2 Å². The highest BCUT2D eigenvalue weighted by Crippen LogP contribution is 2.42. The Bertz CT molecular complexity index is 3010. The van der Waals surface area contributed by atoms with Crippen molar-refractivity contribution in [3.8, 4) is 22.3 Å². The zero-order valence-corrected chi connectivity index (χ0v) is 44.0. The summed E-state index contributed by atoms with van der Waals surface area (Å²) in [7, 11) is 0. The third-order valence-electron chi connectivity index (χ3n) is 15.6. The van der Waals surface area contributed by atoms with Crippen molar-refractivity contribution in [2.45, 2.75) is 128 Å². The van der Waals surface area contributed by atoms with E-state index in [0.29, 0.717) is 71.1 Å². The number of halogens is 2. The maximum atomic E-state index is 14.3. The van der Waals surface area contributed by atoms with Crippen LogP contribution in [0.2, 0.25) is 0 Å². The Morgan fingerprint density at radius 3 is 1.26 bits per heavy atom. The number of aliphatic hydroxyl groups is 2. The Balaban J connectivity index is 0.000000186. The van der Waals surface area contributed by atoms with Gasteiger partial charge in [0.2, 0.25) is 11.8 Å². The van der Waals surface area contributed by atoms with E-state index in [2.05, 4.69) is 20.3 Å². The molecule has 6 heterocycles. The molecule has 4 aliphatic heterocycles. The number of carbonyl (C=O) groups is 4. The van der Waals surface area contributed by atoms with Gasteiger partial charge < -0.3 is 29.1 Å². The monoisotopic (exact) mass is 1030 g/mol. The summed E-state index contributed by atoms with van der Waals surface area (Å²) in [5, 5.41) is 29.0. The predicted octanol–water partition coefficient (Wildman–Crippen LogP) is 9.64. The molecular weight excluding hydrogens is 971 g/mol. The molecule has 76 heavy (non-hydrogen) atoms. The first-order chi connectivity index (χ1) is 36.2. The summed E-state index contributed by atoms with van der Waals surface area (Å²) in [5.74, 6) is -1.77. The standard InChI is InChI=1S/2C30H32FN3O4/c2*1-17(2)27(26-13-18(3)33-38-26)28(36)34-16-21(35)14-25(34)24-15-30(4,29(37)32-24)20-11-9-19(10-12-20)22-7-5-6-8-23(22)31/h2*5-13,17,21,25,27,35H,14-16H2,1-4H3/t21-,25+,27+,30+;21-,25-,27+,30+/m11/s1. The SMILES string of the molecule is Cc1cc([C@@H](C(=O)N2C[C@H](O)C[C@@H]2C2=NC(=O)[C@](C)(c3ccc(-c4ccccc4F)cc3)C2)C(C)C)on1.Cc1cc([C@@H](C(=O)N2C[C@H](O)C[C@H]2C2=NC(=O)[C@](C)(c3ccc(-c4ccccc4F)cc3)C2)C(C)C)on1. The van der Waals surface area contributed by atoms with E-state index >= 15 is 0 Å². The fourth-order valence-electron chi connectivity index (χ4n) is 11.4. The van der Waals surface area contributed by atoms with E-state index in [0.717, 1.165) is 22.3 Å². The molecule has 0 radical (unpaired) electrons. The molecule has 0 saturated carbocycles. The van der Waals surface area contributed by atoms with Gasteiger partial charge in [0.25, 0.3) is 11.8 Å².